The van der Waals surface area contributed by atoms with Gasteiger partial charge in [0.1, 0.15) is 5.60 Å². The molecule has 0 aliphatic rings. The molecule has 1 N–H and O–H groups in total. The third-order valence-electron chi connectivity index (χ3n) is 1.33. The Morgan fingerprint density at radius 1 is 1.56 bits per heavy atom. The zero-order valence-electron chi connectivity index (χ0n) is 9.04. The molecular formula is C9H11FN2O3S. The van der Waals surface area contributed by atoms with Gasteiger partial charge in [0, 0.05) is 0 Å². The molecule has 5 nitrogen and oxygen atoms in total. The van der Waals surface area contributed by atoms with Crippen molar-refractivity contribution in [3.8, 4) is 0 Å². The molecule has 1 aromatic rings. The van der Waals surface area contributed by atoms with Gasteiger partial charge in [-0.05, 0) is 20.8 Å². The lowest BCUT2D eigenvalue weighted by Gasteiger charge is -2.18. The second kappa shape index (κ2) is 4.56. The topological polar surface area (TPSA) is 68.3 Å². The molecule has 88 valence electrons. The van der Waals surface area contributed by atoms with Crippen LogP contribution in [0.5, 0.6) is 0 Å². The van der Waals surface area contributed by atoms with Crippen molar-refractivity contribution in [2.24, 2.45) is 0 Å². The van der Waals surface area contributed by atoms with Crippen LogP contribution in [0.25, 0.3) is 0 Å². The maximum Gasteiger partial charge on any atom is 0.413 e. The van der Waals surface area contributed by atoms with E-state index in [1.54, 1.807) is 20.8 Å². The number of aldehydes is 1. The molecule has 0 spiro atoms. The Morgan fingerprint density at radius 3 is 2.62 bits per heavy atom. The average Bonchev–Trinajstić information content (AvgIpc) is 2.42. The number of carbonyl (C=O) groups excluding carboxylic acids is 2. The maximum atomic E-state index is 12.9. The van der Waals surface area contributed by atoms with Crippen LogP contribution in [0.2, 0.25) is 0 Å². The summed E-state index contributed by atoms with van der Waals surface area (Å²) in [5, 5.41) is 1.50. The Hall–Kier alpha value is -1.50. The summed E-state index contributed by atoms with van der Waals surface area (Å²) in [5.74, 6) is 0. The predicted molar refractivity (Wildman–Crippen MR) is 57.3 cm³/mol. The summed E-state index contributed by atoms with van der Waals surface area (Å²) in [4.78, 5) is 25.1. The minimum atomic E-state index is -0.737. The molecule has 0 aliphatic carbocycles. The van der Waals surface area contributed by atoms with Gasteiger partial charge in [0.05, 0.1) is 0 Å². The SMILES string of the molecule is CC(C)(C)OC(=O)Nc1nc(C=O)c(F)s1. The van der Waals surface area contributed by atoms with Gasteiger partial charge in [0.25, 0.3) is 0 Å². The fraction of sp³-hybridized carbons (Fsp3) is 0.444. The van der Waals surface area contributed by atoms with Gasteiger partial charge >= 0.3 is 6.09 Å². The van der Waals surface area contributed by atoms with E-state index >= 15 is 0 Å². The van der Waals surface area contributed by atoms with Crippen LogP contribution >= 0.6 is 11.3 Å². The zero-order valence-corrected chi connectivity index (χ0v) is 9.85. The fourth-order valence-electron chi connectivity index (χ4n) is 0.830. The number of anilines is 1. The van der Waals surface area contributed by atoms with E-state index in [0.29, 0.717) is 11.3 Å². The normalized spacial score (nSPS) is 11.0. The largest absolute Gasteiger partial charge is 0.444 e. The number of nitrogens with zero attached hydrogens (tertiary/aromatic N) is 1. The van der Waals surface area contributed by atoms with Crippen LogP contribution in [0, 0.1) is 5.13 Å². The van der Waals surface area contributed by atoms with E-state index in [-0.39, 0.29) is 17.1 Å². The molecule has 7 heteroatoms. The summed E-state index contributed by atoms with van der Waals surface area (Å²) in [6.07, 6.45) is -0.453. The van der Waals surface area contributed by atoms with Crippen molar-refractivity contribution in [2.75, 3.05) is 5.32 Å². The highest BCUT2D eigenvalue weighted by Gasteiger charge is 2.18. The third kappa shape index (κ3) is 3.58. The summed E-state index contributed by atoms with van der Waals surface area (Å²) in [6, 6.07) is 0. The van der Waals surface area contributed by atoms with Crippen LogP contribution < -0.4 is 5.32 Å². The highest BCUT2D eigenvalue weighted by molar-refractivity contribution is 7.14. The molecule has 1 aromatic heterocycles. The number of hydrogen-bond donors (Lipinski definition) is 1. The highest BCUT2D eigenvalue weighted by Crippen LogP contribution is 2.20. The van der Waals surface area contributed by atoms with E-state index < -0.39 is 16.8 Å². The lowest BCUT2D eigenvalue weighted by atomic mass is 10.2. The molecule has 16 heavy (non-hydrogen) atoms. The van der Waals surface area contributed by atoms with Crippen molar-refractivity contribution >= 4 is 28.8 Å². The summed E-state index contributed by atoms with van der Waals surface area (Å²) in [6.45, 7) is 5.10. The molecular weight excluding hydrogens is 235 g/mol. The first kappa shape index (κ1) is 12.6. The van der Waals surface area contributed by atoms with E-state index in [4.69, 9.17) is 4.74 Å². The van der Waals surface area contributed by atoms with Gasteiger partial charge in [-0.1, -0.05) is 11.3 Å². The van der Waals surface area contributed by atoms with Crippen LogP contribution in [0.3, 0.4) is 0 Å². The first-order valence-corrected chi connectivity index (χ1v) is 5.25. The molecule has 1 rings (SSSR count). The van der Waals surface area contributed by atoms with Crippen molar-refractivity contribution in [2.45, 2.75) is 26.4 Å². The summed E-state index contributed by atoms with van der Waals surface area (Å²) >= 11 is 0.572. The van der Waals surface area contributed by atoms with Crippen LogP contribution in [0.1, 0.15) is 31.3 Å². The van der Waals surface area contributed by atoms with Crippen LogP contribution in [0.4, 0.5) is 14.3 Å². The molecule has 0 saturated heterocycles. The molecule has 0 unspecified atom stereocenters. The lowest BCUT2D eigenvalue weighted by Crippen LogP contribution is -2.27. The van der Waals surface area contributed by atoms with E-state index in [9.17, 15) is 14.0 Å². The van der Waals surface area contributed by atoms with E-state index in [1.807, 2.05) is 0 Å². The number of ether oxygens (including phenoxy) is 1. The fourth-order valence-corrected chi connectivity index (χ4v) is 1.48. The van der Waals surface area contributed by atoms with Crippen molar-refractivity contribution in [1.82, 2.24) is 4.98 Å². The van der Waals surface area contributed by atoms with Gasteiger partial charge in [0.2, 0.25) is 5.13 Å². The molecule has 0 radical (unpaired) electrons. The monoisotopic (exact) mass is 246 g/mol. The van der Waals surface area contributed by atoms with E-state index in [0.717, 1.165) is 0 Å². The summed E-state index contributed by atoms with van der Waals surface area (Å²) in [5.41, 5.74) is -0.969. The Kier molecular flexibility index (Phi) is 3.58. The number of aromatic nitrogens is 1. The van der Waals surface area contributed by atoms with Gasteiger partial charge in [-0.15, -0.1) is 0 Å². The van der Waals surface area contributed by atoms with Crippen molar-refractivity contribution in [3.05, 3.63) is 10.8 Å². The Morgan fingerprint density at radius 2 is 2.19 bits per heavy atom. The van der Waals surface area contributed by atoms with Gasteiger partial charge in [-0.2, -0.15) is 4.39 Å². The van der Waals surface area contributed by atoms with Gasteiger partial charge in [-0.3, -0.25) is 10.1 Å². The van der Waals surface area contributed by atoms with Gasteiger partial charge in [-0.25, -0.2) is 9.78 Å². The van der Waals surface area contributed by atoms with Crippen molar-refractivity contribution in [1.29, 1.82) is 0 Å². The minimum Gasteiger partial charge on any atom is -0.444 e. The predicted octanol–water partition coefficient (Wildman–Crippen LogP) is 2.44. The number of halogens is 1. The molecule has 0 saturated carbocycles. The number of carbonyl (C=O) groups is 2. The number of amides is 1. The first-order chi connectivity index (χ1) is 7.31. The number of thiazole rings is 1. The number of nitrogens with one attached hydrogen (secondary N) is 1. The Labute approximate surface area is 95.6 Å². The first-order valence-electron chi connectivity index (χ1n) is 4.43. The smallest absolute Gasteiger partial charge is 0.413 e. The molecule has 0 aliphatic heterocycles. The summed E-state index contributed by atoms with van der Waals surface area (Å²) < 4.78 is 17.9. The van der Waals surface area contributed by atoms with Crippen molar-refractivity contribution < 1.29 is 18.7 Å². The standard InChI is InChI=1S/C9H11FN2O3S/c1-9(2,3)15-8(14)12-7-11-5(4-13)6(10)16-7/h4H,1-3H3,(H,11,12,14). The molecule has 0 aromatic carbocycles. The second-order valence-corrected chi connectivity index (χ2v) is 4.87. The van der Waals surface area contributed by atoms with E-state index in [1.165, 1.54) is 0 Å². The molecule has 1 amide bonds. The van der Waals surface area contributed by atoms with Crippen LogP contribution in [0.15, 0.2) is 0 Å². The zero-order chi connectivity index (χ0) is 12.3. The quantitative estimate of drug-likeness (QED) is 0.814. The average molecular weight is 246 g/mol. The highest BCUT2D eigenvalue weighted by atomic mass is 32.1. The molecule has 0 bridgehead atoms. The maximum absolute atomic E-state index is 12.9. The lowest BCUT2D eigenvalue weighted by molar-refractivity contribution is 0.0635. The Bertz CT molecular complexity index is 411. The van der Waals surface area contributed by atoms with Crippen LogP contribution in [-0.2, 0) is 4.74 Å². The summed E-state index contributed by atoms with van der Waals surface area (Å²) in [7, 11) is 0. The van der Waals surface area contributed by atoms with Crippen LogP contribution in [-0.4, -0.2) is 23.0 Å². The van der Waals surface area contributed by atoms with E-state index in [2.05, 4.69) is 10.3 Å². The Balaban J connectivity index is 2.66. The number of hydrogen-bond acceptors (Lipinski definition) is 5. The second-order valence-electron chi connectivity index (χ2n) is 3.92. The van der Waals surface area contributed by atoms with Gasteiger partial charge in [0.15, 0.2) is 17.1 Å². The van der Waals surface area contributed by atoms with Gasteiger partial charge < -0.3 is 4.74 Å². The third-order valence-corrected chi connectivity index (χ3v) is 2.10. The number of rotatable bonds is 2. The minimum absolute atomic E-state index is 0.00569. The molecule has 0 atom stereocenters. The molecule has 1 heterocycles. The van der Waals surface area contributed by atoms with Crippen molar-refractivity contribution in [3.63, 3.8) is 0 Å². The molecule has 0 fully saturated rings.